The summed E-state index contributed by atoms with van der Waals surface area (Å²) in [4.78, 5) is 26.4. The van der Waals surface area contributed by atoms with Gasteiger partial charge in [0.2, 0.25) is 11.8 Å². The number of hydrogen-bond acceptors (Lipinski definition) is 5. The van der Waals surface area contributed by atoms with Crippen LogP contribution >= 0.6 is 23.2 Å². The average Bonchev–Trinajstić information content (AvgIpc) is 2.87. The molecule has 0 saturated carbocycles. The fourth-order valence-corrected chi connectivity index (χ4v) is 4.75. The number of ether oxygens (including phenoxy) is 1. The van der Waals surface area contributed by atoms with Crippen molar-refractivity contribution in [1.29, 1.82) is 0 Å². The maximum absolute atomic E-state index is 14.5. The van der Waals surface area contributed by atoms with Gasteiger partial charge >= 0.3 is 0 Å². The first kappa shape index (κ1) is 24.7. The Balaban J connectivity index is 1.49. The van der Waals surface area contributed by atoms with Crippen LogP contribution in [-0.2, 0) is 13.0 Å². The first-order valence-electron chi connectivity index (χ1n) is 11.8. The molecular weight excluding hydrogens is 509 g/mol. The number of halogens is 4. The molecule has 1 aromatic heterocycles. The molecule has 0 spiro atoms. The van der Waals surface area contributed by atoms with Crippen LogP contribution in [0, 0.1) is 17.6 Å². The molecular formula is C26H24Cl2F2N4O2. The number of rotatable bonds is 4. The minimum absolute atomic E-state index is 0.150. The van der Waals surface area contributed by atoms with Gasteiger partial charge in [0.1, 0.15) is 5.82 Å². The largest absolute Gasteiger partial charge is 0.435 e. The van der Waals surface area contributed by atoms with Crippen LogP contribution in [0.4, 0.5) is 14.7 Å². The summed E-state index contributed by atoms with van der Waals surface area (Å²) in [7, 11) is 0. The number of aromatic nitrogens is 2. The van der Waals surface area contributed by atoms with Crippen LogP contribution in [-0.4, -0.2) is 40.4 Å². The fourth-order valence-electron chi connectivity index (χ4n) is 4.45. The molecule has 0 unspecified atom stereocenters. The summed E-state index contributed by atoms with van der Waals surface area (Å²) in [5.74, 6) is -0.617. The third-order valence-corrected chi connectivity index (χ3v) is 7.37. The van der Waals surface area contributed by atoms with E-state index in [1.807, 2.05) is 0 Å². The molecule has 1 saturated heterocycles. The molecule has 2 aliphatic heterocycles. The summed E-state index contributed by atoms with van der Waals surface area (Å²) in [5.41, 5.74) is 1.74. The Morgan fingerprint density at radius 1 is 1.03 bits per heavy atom. The highest BCUT2D eigenvalue weighted by molar-refractivity contribution is 6.42. The Kier molecular flexibility index (Phi) is 6.99. The van der Waals surface area contributed by atoms with Gasteiger partial charge < -0.3 is 14.5 Å². The van der Waals surface area contributed by atoms with E-state index in [0.717, 1.165) is 43.8 Å². The van der Waals surface area contributed by atoms with E-state index < -0.39 is 11.6 Å². The Morgan fingerprint density at radius 3 is 2.53 bits per heavy atom. The van der Waals surface area contributed by atoms with Gasteiger partial charge in [-0.3, -0.25) is 4.79 Å². The zero-order valence-electron chi connectivity index (χ0n) is 19.6. The SMILES string of the molecule is CC1CCN(c2nc3c(c(Oc4ccc(F)cc4F)n2)CN(C(=O)c2ccc(Cl)c(Cl)c2)CC3)CC1. The summed E-state index contributed by atoms with van der Waals surface area (Å²) in [6, 6.07) is 7.84. The Morgan fingerprint density at radius 2 is 1.81 bits per heavy atom. The van der Waals surface area contributed by atoms with Crippen molar-refractivity contribution in [3.05, 3.63) is 74.9 Å². The third-order valence-electron chi connectivity index (χ3n) is 6.63. The van der Waals surface area contributed by atoms with E-state index in [-0.39, 0.29) is 24.1 Å². The minimum Gasteiger partial charge on any atom is -0.435 e. The number of benzene rings is 2. The molecule has 0 radical (unpaired) electrons. The van der Waals surface area contributed by atoms with Crippen molar-refractivity contribution in [3.63, 3.8) is 0 Å². The molecule has 6 nitrogen and oxygen atoms in total. The van der Waals surface area contributed by atoms with Crippen molar-refractivity contribution >= 4 is 35.1 Å². The monoisotopic (exact) mass is 532 g/mol. The number of piperidine rings is 1. The van der Waals surface area contributed by atoms with E-state index >= 15 is 0 Å². The molecule has 0 N–H and O–H groups in total. The summed E-state index contributed by atoms with van der Waals surface area (Å²) in [5, 5.41) is 0.654. The molecule has 0 atom stereocenters. The first-order valence-corrected chi connectivity index (χ1v) is 12.6. The third kappa shape index (κ3) is 5.11. The van der Waals surface area contributed by atoms with E-state index in [9.17, 15) is 13.6 Å². The second kappa shape index (κ2) is 10.2. The molecule has 5 rings (SSSR count). The van der Waals surface area contributed by atoms with E-state index in [0.29, 0.717) is 46.0 Å². The van der Waals surface area contributed by atoms with Gasteiger partial charge in [-0.15, -0.1) is 0 Å². The lowest BCUT2D eigenvalue weighted by molar-refractivity contribution is 0.0732. The van der Waals surface area contributed by atoms with Crippen LogP contribution in [0.5, 0.6) is 11.6 Å². The van der Waals surface area contributed by atoms with Gasteiger partial charge in [0.25, 0.3) is 5.91 Å². The highest BCUT2D eigenvalue weighted by Gasteiger charge is 2.29. The normalized spacial score (nSPS) is 16.1. The van der Waals surface area contributed by atoms with E-state index in [1.165, 1.54) is 12.1 Å². The predicted octanol–water partition coefficient (Wildman–Crippen LogP) is 6.29. The summed E-state index contributed by atoms with van der Waals surface area (Å²) in [6.07, 6.45) is 2.52. The molecule has 36 heavy (non-hydrogen) atoms. The second-order valence-electron chi connectivity index (χ2n) is 9.21. The summed E-state index contributed by atoms with van der Waals surface area (Å²) < 4.78 is 33.8. The highest BCUT2D eigenvalue weighted by atomic mass is 35.5. The predicted molar refractivity (Wildman–Crippen MR) is 134 cm³/mol. The zero-order chi connectivity index (χ0) is 25.4. The summed E-state index contributed by atoms with van der Waals surface area (Å²) in [6.45, 7) is 4.45. The van der Waals surface area contributed by atoms with Crippen molar-refractivity contribution < 1.29 is 18.3 Å². The Labute approximate surface area is 217 Å². The van der Waals surface area contributed by atoms with Gasteiger partial charge in [-0.2, -0.15) is 4.98 Å². The lowest BCUT2D eigenvalue weighted by atomic mass is 9.99. The van der Waals surface area contributed by atoms with Gasteiger partial charge in [0.05, 0.1) is 27.8 Å². The smallest absolute Gasteiger partial charge is 0.254 e. The molecule has 2 aliphatic rings. The molecule has 0 aliphatic carbocycles. The minimum atomic E-state index is -0.838. The Bertz CT molecular complexity index is 1320. The number of carbonyl (C=O) groups is 1. The van der Waals surface area contributed by atoms with Crippen LogP contribution in [0.25, 0.3) is 0 Å². The van der Waals surface area contributed by atoms with Crippen LogP contribution in [0.1, 0.15) is 41.4 Å². The average molecular weight is 533 g/mol. The maximum Gasteiger partial charge on any atom is 0.254 e. The number of hydrogen-bond donors (Lipinski definition) is 0. The van der Waals surface area contributed by atoms with Crippen molar-refractivity contribution in [3.8, 4) is 11.6 Å². The van der Waals surface area contributed by atoms with Crippen molar-refractivity contribution in [1.82, 2.24) is 14.9 Å². The first-order chi connectivity index (χ1) is 17.3. The standard InChI is InChI=1S/C26H24Cl2F2N4O2/c1-15-6-9-33(10-7-15)26-31-22-8-11-34(25(35)16-2-4-19(27)20(28)12-16)14-18(22)24(32-26)36-23-5-3-17(29)13-21(23)30/h2-5,12-13,15H,6-11,14H2,1H3. The topological polar surface area (TPSA) is 58.6 Å². The Hall–Kier alpha value is -2.97. The van der Waals surface area contributed by atoms with Gasteiger partial charge in [0.15, 0.2) is 11.6 Å². The van der Waals surface area contributed by atoms with Gasteiger partial charge in [-0.1, -0.05) is 30.1 Å². The number of amides is 1. The lowest BCUT2D eigenvalue weighted by Gasteiger charge is -2.33. The van der Waals surface area contributed by atoms with Crippen LogP contribution in [0.15, 0.2) is 36.4 Å². The number of anilines is 1. The fraction of sp³-hybridized carbons (Fsp3) is 0.346. The van der Waals surface area contributed by atoms with Gasteiger partial charge in [-0.05, 0) is 49.1 Å². The number of fused-ring (bicyclic) bond motifs is 1. The molecule has 1 fully saturated rings. The summed E-state index contributed by atoms with van der Waals surface area (Å²) >= 11 is 12.1. The van der Waals surface area contributed by atoms with Crippen molar-refractivity contribution in [2.75, 3.05) is 24.5 Å². The van der Waals surface area contributed by atoms with E-state index in [4.69, 9.17) is 32.9 Å². The molecule has 3 aromatic rings. The lowest BCUT2D eigenvalue weighted by Crippen LogP contribution is -2.38. The highest BCUT2D eigenvalue weighted by Crippen LogP contribution is 2.34. The molecule has 10 heteroatoms. The molecule has 2 aromatic carbocycles. The molecule has 3 heterocycles. The van der Waals surface area contributed by atoms with Gasteiger partial charge in [0, 0.05) is 37.7 Å². The van der Waals surface area contributed by atoms with Crippen molar-refractivity contribution in [2.45, 2.75) is 32.7 Å². The van der Waals surface area contributed by atoms with E-state index in [1.54, 1.807) is 17.0 Å². The van der Waals surface area contributed by atoms with Crippen LogP contribution in [0.2, 0.25) is 10.0 Å². The van der Waals surface area contributed by atoms with Crippen LogP contribution in [0.3, 0.4) is 0 Å². The molecule has 0 bridgehead atoms. The number of nitrogens with zero attached hydrogens (tertiary/aromatic N) is 4. The van der Waals surface area contributed by atoms with Crippen LogP contribution < -0.4 is 9.64 Å². The quantitative estimate of drug-likeness (QED) is 0.395. The maximum atomic E-state index is 14.5. The number of carbonyl (C=O) groups excluding carboxylic acids is 1. The molecule has 1 amide bonds. The van der Waals surface area contributed by atoms with Crippen molar-refractivity contribution in [2.24, 2.45) is 5.92 Å². The zero-order valence-corrected chi connectivity index (χ0v) is 21.1. The second-order valence-corrected chi connectivity index (χ2v) is 10.0. The van der Waals surface area contributed by atoms with E-state index in [2.05, 4.69) is 16.8 Å². The van der Waals surface area contributed by atoms with Gasteiger partial charge in [-0.25, -0.2) is 13.8 Å². The molecule has 188 valence electrons.